The first-order valence-electron chi connectivity index (χ1n) is 6.15. The third kappa shape index (κ3) is 2.11. The van der Waals surface area contributed by atoms with Crippen LogP contribution in [0, 0.1) is 13.8 Å². The van der Waals surface area contributed by atoms with Gasteiger partial charge in [0.25, 0.3) is 0 Å². The lowest BCUT2D eigenvalue weighted by Crippen LogP contribution is -2.00. The predicted molar refractivity (Wildman–Crippen MR) is 90.5 cm³/mol. The second kappa shape index (κ2) is 5.16. The molecule has 0 fully saturated rings. The highest BCUT2D eigenvalue weighted by Gasteiger charge is 2.19. The van der Waals surface area contributed by atoms with Crippen molar-refractivity contribution in [1.82, 2.24) is 14.5 Å². The van der Waals surface area contributed by atoms with Crippen molar-refractivity contribution in [2.45, 2.75) is 13.8 Å². The highest BCUT2D eigenvalue weighted by molar-refractivity contribution is 9.10. The number of rotatable bonds is 1. The topological polar surface area (TPSA) is 56.7 Å². The van der Waals surface area contributed by atoms with Crippen molar-refractivity contribution in [3.63, 3.8) is 0 Å². The van der Waals surface area contributed by atoms with Gasteiger partial charge in [-0.25, -0.2) is 9.97 Å². The lowest BCUT2D eigenvalue weighted by Gasteiger charge is -2.12. The molecule has 4 nitrogen and oxygen atoms in total. The maximum Gasteiger partial charge on any atom is 0.150 e. The van der Waals surface area contributed by atoms with Crippen LogP contribution in [0.5, 0.6) is 0 Å². The first-order chi connectivity index (χ1) is 9.93. The van der Waals surface area contributed by atoms with E-state index < -0.39 is 0 Å². The van der Waals surface area contributed by atoms with Gasteiger partial charge in [0.2, 0.25) is 0 Å². The van der Waals surface area contributed by atoms with Crippen LogP contribution in [0.3, 0.4) is 0 Å². The van der Waals surface area contributed by atoms with Crippen LogP contribution in [0.15, 0.2) is 22.9 Å². The van der Waals surface area contributed by atoms with Crippen molar-refractivity contribution in [1.29, 1.82) is 0 Å². The molecular formula is C14H11BrCl2N4. The van der Waals surface area contributed by atoms with E-state index in [0.29, 0.717) is 15.9 Å². The van der Waals surface area contributed by atoms with Crippen molar-refractivity contribution in [2.75, 3.05) is 5.73 Å². The Morgan fingerprint density at radius 1 is 1.14 bits per heavy atom. The molecule has 2 aromatic heterocycles. The lowest BCUT2D eigenvalue weighted by atomic mass is 10.2. The summed E-state index contributed by atoms with van der Waals surface area (Å²) in [6, 6.07) is 3.75. The largest absolute Gasteiger partial charge is 0.383 e. The molecule has 108 valence electrons. The third-order valence-electron chi connectivity index (χ3n) is 3.58. The van der Waals surface area contributed by atoms with E-state index in [1.54, 1.807) is 0 Å². The molecule has 0 saturated heterocycles. The smallest absolute Gasteiger partial charge is 0.150 e. The van der Waals surface area contributed by atoms with Gasteiger partial charge < -0.3 is 5.73 Å². The summed E-state index contributed by atoms with van der Waals surface area (Å²) in [5.74, 6) is 0.457. The highest BCUT2D eigenvalue weighted by Crippen LogP contribution is 2.38. The molecule has 2 heterocycles. The molecule has 0 radical (unpaired) electrons. The minimum atomic E-state index is 0.457. The average Bonchev–Trinajstić information content (AvgIpc) is 2.71. The van der Waals surface area contributed by atoms with Crippen molar-refractivity contribution in [2.24, 2.45) is 0 Å². The lowest BCUT2D eigenvalue weighted by molar-refractivity contribution is 1.01. The molecule has 0 aliphatic heterocycles. The summed E-state index contributed by atoms with van der Waals surface area (Å²) >= 11 is 16.0. The van der Waals surface area contributed by atoms with Gasteiger partial charge in [-0.15, -0.1) is 0 Å². The number of fused-ring (bicyclic) bond motifs is 1. The Balaban J connectivity index is 2.44. The molecule has 3 rings (SSSR count). The van der Waals surface area contributed by atoms with E-state index in [4.69, 9.17) is 28.9 Å². The fourth-order valence-corrected chi connectivity index (χ4v) is 3.26. The molecule has 0 bridgehead atoms. The Bertz CT molecular complexity index is 873. The van der Waals surface area contributed by atoms with Gasteiger partial charge in [0.15, 0.2) is 5.65 Å². The monoisotopic (exact) mass is 384 g/mol. The zero-order valence-electron chi connectivity index (χ0n) is 11.3. The van der Waals surface area contributed by atoms with Gasteiger partial charge in [-0.05, 0) is 47.5 Å². The second-order valence-corrected chi connectivity index (χ2v) is 6.31. The van der Waals surface area contributed by atoms with Gasteiger partial charge in [0.05, 0.1) is 21.1 Å². The molecule has 7 heteroatoms. The van der Waals surface area contributed by atoms with E-state index in [1.807, 2.05) is 30.5 Å². The van der Waals surface area contributed by atoms with Crippen LogP contribution >= 0.6 is 39.1 Å². The Morgan fingerprint density at radius 3 is 2.57 bits per heavy atom. The van der Waals surface area contributed by atoms with E-state index in [0.717, 1.165) is 32.5 Å². The molecule has 21 heavy (non-hydrogen) atoms. The molecule has 0 saturated carbocycles. The number of aryl methyl sites for hydroxylation is 1. The molecule has 2 N–H and O–H groups in total. The molecular weight excluding hydrogens is 375 g/mol. The van der Waals surface area contributed by atoms with Gasteiger partial charge in [-0.1, -0.05) is 23.2 Å². The fourth-order valence-electron chi connectivity index (χ4n) is 2.41. The maximum absolute atomic E-state index is 6.40. The Kier molecular flexibility index (Phi) is 3.59. The third-order valence-corrected chi connectivity index (χ3v) is 5.34. The molecule has 0 amide bonds. The number of halogens is 3. The summed E-state index contributed by atoms with van der Waals surface area (Å²) in [6.45, 7) is 3.98. The summed E-state index contributed by atoms with van der Waals surface area (Å²) in [6.07, 6.45) is 1.45. The molecule has 0 atom stereocenters. The first kappa shape index (κ1) is 14.6. The average molecular weight is 386 g/mol. The van der Waals surface area contributed by atoms with Crippen molar-refractivity contribution >= 4 is 56.0 Å². The van der Waals surface area contributed by atoms with Gasteiger partial charge in [-0.2, -0.15) is 0 Å². The number of aromatic nitrogens is 3. The molecule has 0 aliphatic rings. The van der Waals surface area contributed by atoms with E-state index in [2.05, 4.69) is 25.9 Å². The number of anilines is 1. The van der Waals surface area contributed by atoms with E-state index in [-0.39, 0.29) is 0 Å². The van der Waals surface area contributed by atoms with Gasteiger partial charge in [0.1, 0.15) is 12.1 Å². The summed E-state index contributed by atoms with van der Waals surface area (Å²) in [5, 5.41) is 1.77. The summed E-state index contributed by atoms with van der Waals surface area (Å²) < 4.78 is 2.70. The SMILES string of the molecule is Cc1c(C)n(-c2ccc(Br)c(Cl)c2Cl)c2ncnc(N)c12. The van der Waals surface area contributed by atoms with E-state index in [9.17, 15) is 0 Å². The first-order valence-corrected chi connectivity index (χ1v) is 7.70. The van der Waals surface area contributed by atoms with Gasteiger partial charge >= 0.3 is 0 Å². The van der Waals surface area contributed by atoms with Crippen molar-refractivity contribution in [3.8, 4) is 5.69 Å². The second-order valence-electron chi connectivity index (χ2n) is 4.70. The standard InChI is InChI=1S/C14H11BrCl2N4/c1-6-7(2)21(14-10(6)13(18)19-5-20-14)9-4-3-8(15)11(16)12(9)17/h3-5H,1-2H3,(H2,18,19,20). The van der Waals surface area contributed by atoms with Crippen LogP contribution in [0.4, 0.5) is 5.82 Å². The summed E-state index contributed by atoms with van der Waals surface area (Å²) in [5.41, 5.74) is 9.48. The normalized spacial score (nSPS) is 11.3. The van der Waals surface area contributed by atoms with E-state index in [1.165, 1.54) is 6.33 Å². The number of nitrogens with zero attached hydrogens (tertiary/aromatic N) is 3. The predicted octanol–water partition coefficient (Wildman–Crippen LogP) is 4.69. The Hall–Kier alpha value is -1.30. The summed E-state index contributed by atoms with van der Waals surface area (Å²) in [7, 11) is 0. The van der Waals surface area contributed by atoms with Gasteiger partial charge in [-0.3, -0.25) is 4.57 Å². The maximum atomic E-state index is 6.40. The van der Waals surface area contributed by atoms with Crippen molar-refractivity contribution < 1.29 is 0 Å². The number of nitrogens with two attached hydrogens (primary N) is 1. The van der Waals surface area contributed by atoms with Crippen LogP contribution in [0.2, 0.25) is 10.0 Å². The van der Waals surface area contributed by atoms with Crippen molar-refractivity contribution in [3.05, 3.63) is 44.2 Å². The number of hydrogen-bond acceptors (Lipinski definition) is 3. The molecule has 0 spiro atoms. The summed E-state index contributed by atoms with van der Waals surface area (Å²) in [4.78, 5) is 8.41. The molecule has 3 aromatic rings. The minimum Gasteiger partial charge on any atom is -0.383 e. The number of benzene rings is 1. The Labute approximate surface area is 140 Å². The molecule has 1 aromatic carbocycles. The fraction of sp³-hybridized carbons (Fsp3) is 0.143. The molecule has 0 aliphatic carbocycles. The quantitative estimate of drug-likeness (QED) is 0.618. The zero-order chi connectivity index (χ0) is 15.3. The Morgan fingerprint density at radius 2 is 1.86 bits per heavy atom. The van der Waals surface area contributed by atoms with Crippen LogP contribution in [-0.2, 0) is 0 Å². The zero-order valence-corrected chi connectivity index (χ0v) is 14.4. The van der Waals surface area contributed by atoms with Crippen LogP contribution in [-0.4, -0.2) is 14.5 Å². The molecule has 0 unspecified atom stereocenters. The highest BCUT2D eigenvalue weighted by atomic mass is 79.9. The number of hydrogen-bond donors (Lipinski definition) is 1. The number of nitrogen functional groups attached to an aromatic ring is 1. The van der Waals surface area contributed by atoms with Crippen LogP contribution < -0.4 is 5.73 Å². The minimum absolute atomic E-state index is 0.457. The van der Waals surface area contributed by atoms with Crippen LogP contribution in [0.1, 0.15) is 11.3 Å². The van der Waals surface area contributed by atoms with Gasteiger partial charge in [0, 0.05) is 10.2 Å². The van der Waals surface area contributed by atoms with E-state index >= 15 is 0 Å². The van der Waals surface area contributed by atoms with Crippen LogP contribution in [0.25, 0.3) is 16.7 Å².